The lowest BCUT2D eigenvalue weighted by atomic mass is 9.98. The van der Waals surface area contributed by atoms with Gasteiger partial charge in [0.15, 0.2) is 5.96 Å². The minimum atomic E-state index is -2.43. The number of nitrogens with one attached hydrogen (secondary N) is 1. The van der Waals surface area contributed by atoms with Crippen molar-refractivity contribution in [1.29, 1.82) is 0 Å². The van der Waals surface area contributed by atoms with Gasteiger partial charge >= 0.3 is 5.97 Å². The van der Waals surface area contributed by atoms with Gasteiger partial charge in [-0.25, -0.2) is 8.78 Å². The summed E-state index contributed by atoms with van der Waals surface area (Å²) in [5.41, 5.74) is 0. The molecule has 110 valence electrons. The number of aliphatic imine (C=N–C) groups is 1. The SMILES string of the molecule is CCOC(=O)[C@@H]1CCCN(C(=NC)NCC(F)F)C1. The largest absolute Gasteiger partial charge is 0.466 e. The molecule has 0 aromatic rings. The van der Waals surface area contributed by atoms with E-state index in [2.05, 4.69) is 10.3 Å². The molecule has 1 saturated heterocycles. The van der Waals surface area contributed by atoms with Gasteiger partial charge in [0.05, 0.1) is 19.1 Å². The van der Waals surface area contributed by atoms with Crippen LogP contribution in [0.15, 0.2) is 4.99 Å². The second kappa shape index (κ2) is 7.91. The molecular weight excluding hydrogens is 256 g/mol. The number of rotatable bonds is 4. The van der Waals surface area contributed by atoms with E-state index in [0.29, 0.717) is 25.7 Å². The fourth-order valence-corrected chi connectivity index (χ4v) is 2.12. The fraction of sp³-hybridized carbons (Fsp3) is 0.833. The molecule has 1 rings (SSSR count). The van der Waals surface area contributed by atoms with Crippen molar-refractivity contribution in [3.63, 3.8) is 0 Å². The smallest absolute Gasteiger partial charge is 0.310 e. The zero-order chi connectivity index (χ0) is 14.3. The van der Waals surface area contributed by atoms with Crippen LogP contribution in [0.3, 0.4) is 0 Å². The van der Waals surface area contributed by atoms with Crippen LogP contribution in [0.2, 0.25) is 0 Å². The molecule has 0 aliphatic carbocycles. The Morgan fingerprint density at radius 2 is 2.32 bits per heavy atom. The summed E-state index contributed by atoms with van der Waals surface area (Å²) in [6.07, 6.45) is -0.845. The summed E-state index contributed by atoms with van der Waals surface area (Å²) >= 11 is 0. The number of guanidine groups is 1. The van der Waals surface area contributed by atoms with Crippen molar-refractivity contribution >= 4 is 11.9 Å². The van der Waals surface area contributed by atoms with Crippen molar-refractivity contribution in [3.8, 4) is 0 Å². The lowest BCUT2D eigenvalue weighted by Crippen LogP contribution is -2.49. The fourth-order valence-electron chi connectivity index (χ4n) is 2.12. The number of hydrogen-bond acceptors (Lipinski definition) is 3. The summed E-state index contributed by atoms with van der Waals surface area (Å²) in [6, 6.07) is 0. The van der Waals surface area contributed by atoms with E-state index < -0.39 is 13.0 Å². The van der Waals surface area contributed by atoms with Crippen LogP contribution in [0.25, 0.3) is 0 Å². The van der Waals surface area contributed by atoms with Gasteiger partial charge in [-0.1, -0.05) is 0 Å². The number of carbonyl (C=O) groups is 1. The Labute approximate surface area is 112 Å². The predicted molar refractivity (Wildman–Crippen MR) is 68.3 cm³/mol. The minimum absolute atomic E-state index is 0.209. The van der Waals surface area contributed by atoms with E-state index in [1.807, 2.05) is 4.90 Å². The van der Waals surface area contributed by atoms with Gasteiger partial charge in [0.25, 0.3) is 6.43 Å². The molecule has 19 heavy (non-hydrogen) atoms. The molecule has 0 amide bonds. The monoisotopic (exact) mass is 277 g/mol. The van der Waals surface area contributed by atoms with Gasteiger partial charge in [0.2, 0.25) is 0 Å². The topological polar surface area (TPSA) is 53.9 Å². The van der Waals surface area contributed by atoms with E-state index in [4.69, 9.17) is 4.74 Å². The number of ether oxygens (including phenoxy) is 1. The van der Waals surface area contributed by atoms with E-state index in [1.54, 1.807) is 14.0 Å². The van der Waals surface area contributed by atoms with Crippen LogP contribution in [0.4, 0.5) is 8.78 Å². The maximum absolute atomic E-state index is 12.2. The molecule has 0 aromatic heterocycles. The number of halogens is 2. The average Bonchev–Trinajstić information content (AvgIpc) is 2.40. The Morgan fingerprint density at radius 1 is 1.58 bits per heavy atom. The number of likely N-dealkylation sites (tertiary alicyclic amines) is 1. The summed E-state index contributed by atoms with van der Waals surface area (Å²) in [5, 5.41) is 2.60. The lowest BCUT2D eigenvalue weighted by Gasteiger charge is -2.33. The first-order chi connectivity index (χ1) is 9.08. The third-order valence-corrected chi connectivity index (χ3v) is 2.97. The third-order valence-electron chi connectivity index (χ3n) is 2.97. The number of nitrogens with zero attached hydrogens (tertiary/aromatic N) is 2. The highest BCUT2D eigenvalue weighted by Gasteiger charge is 2.28. The van der Waals surface area contributed by atoms with E-state index in [-0.39, 0.29) is 11.9 Å². The van der Waals surface area contributed by atoms with Crippen molar-refractivity contribution < 1.29 is 18.3 Å². The second-order valence-electron chi connectivity index (χ2n) is 4.36. The van der Waals surface area contributed by atoms with Crippen LogP contribution in [0, 0.1) is 5.92 Å². The molecule has 0 unspecified atom stereocenters. The first-order valence-corrected chi connectivity index (χ1v) is 6.48. The molecule has 1 atom stereocenters. The van der Waals surface area contributed by atoms with E-state index >= 15 is 0 Å². The van der Waals surface area contributed by atoms with Gasteiger partial charge in [-0.15, -0.1) is 0 Å². The molecule has 0 saturated carbocycles. The Morgan fingerprint density at radius 3 is 2.89 bits per heavy atom. The van der Waals surface area contributed by atoms with Crippen molar-refractivity contribution in [2.75, 3.05) is 33.3 Å². The number of esters is 1. The van der Waals surface area contributed by atoms with Crippen molar-refractivity contribution in [3.05, 3.63) is 0 Å². The molecule has 1 aliphatic heterocycles. The van der Waals surface area contributed by atoms with E-state index in [9.17, 15) is 13.6 Å². The van der Waals surface area contributed by atoms with Crippen LogP contribution in [-0.2, 0) is 9.53 Å². The first kappa shape index (κ1) is 15.7. The number of carbonyl (C=O) groups excluding carboxylic acids is 1. The van der Waals surface area contributed by atoms with Crippen LogP contribution in [0.1, 0.15) is 19.8 Å². The summed E-state index contributed by atoms with van der Waals surface area (Å²) in [5.74, 6) is -0.0235. The Balaban J connectivity index is 2.54. The van der Waals surface area contributed by atoms with Crippen molar-refractivity contribution in [2.24, 2.45) is 10.9 Å². The zero-order valence-electron chi connectivity index (χ0n) is 11.4. The Kier molecular flexibility index (Phi) is 6.52. The number of hydrogen-bond donors (Lipinski definition) is 1. The molecule has 0 aromatic carbocycles. The Hall–Kier alpha value is -1.40. The van der Waals surface area contributed by atoms with Gasteiger partial charge < -0.3 is 15.0 Å². The molecular formula is C12H21F2N3O2. The molecule has 1 N–H and O–H groups in total. The van der Waals surface area contributed by atoms with Gasteiger partial charge in [-0.3, -0.25) is 9.79 Å². The van der Waals surface area contributed by atoms with Gasteiger partial charge in [-0.05, 0) is 19.8 Å². The van der Waals surface area contributed by atoms with Crippen molar-refractivity contribution in [2.45, 2.75) is 26.2 Å². The highest BCUT2D eigenvalue weighted by Crippen LogP contribution is 2.18. The summed E-state index contributed by atoms with van der Waals surface area (Å²) < 4.78 is 29.4. The molecule has 1 heterocycles. The Bertz CT molecular complexity index is 324. The van der Waals surface area contributed by atoms with Crippen LogP contribution < -0.4 is 5.32 Å². The molecule has 7 heteroatoms. The van der Waals surface area contributed by atoms with Crippen LogP contribution in [-0.4, -0.2) is 56.5 Å². The number of piperidine rings is 1. The maximum atomic E-state index is 12.2. The minimum Gasteiger partial charge on any atom is -0.466 e. The predicted octanol–water partition coefficient (Wildman–Crippen LogP) is 1.10. The van der Waals surface area contributed by atoms with Crippen LogP contribution in [0.5, 0.6) is 0 Å². The normalized spacial score (nSPS) is 20.6. The van der Waals surface area contributed by atoms with Gasteiger partial charge in [-0.2, -0.15) is 0 Å². The van der Waals surface area contributed by atoms with Crippen molar-refractivity contribution in [1.82, 2.24) is 10.2 Å². The van der Waals surface area contributed by atoms with Crippen LogP contribution >= 0.6 is 0 Å². The summed E-state index contributed by atoms with van der Waals surface area (Å²) in [4.78, 5) is 17.5. The molecule has 1 aliphatic rings. The second-order valence-corrected chi connectivity index (χ2v) is 4.36. The molecule has 0 bridgehead atoms. The molecule has 5 nitrogen and oxygen atoms in total. The standard InChI is InChI=1S/C12H21F2N3O2/c1-3-19-11(18)9-5-4-6-17(8-9)12(15-2)16-7-10(13)14/h9-10H,3-8H2,1-2H3,(H,15,16)/t9-/m1/s1. The highest BCUT2D eigenvalue weighted by atomic mass is 19.3. The molecule has 1 fully saturated rings. The van der Waals surface area contributed by atoms with E-state index in [1.165, 1.54) is 0 Å². The molecule has 0 radical (unpaired) electrons. The lowest BCUT2D eigenvalue weighted by molar-refractivity contribution is -0.149. The molecule has 0 spiro atoms. The first-order valence-electron chi connectivity index (χ1n) is 6.48. The van der Waals surface area contributed by atoms with E-state index in [0.717, 1.165) is 12.8 Å². The maximum Gasteiger partial charge on any atom is 0.310 e. The highest BCUT2D eigenvalue weighted by molar-refractivity contribution is 5.81. The zero-order valence-corrected chi connectivity index (χ0v) is 11.4. The quantitative estimate of drug-likeness (QED) is 0.475. The third kappa shape index (κ3) is 5.00. The van der Waals surface area contributed by atoms with Gasteiger partial charge in [0.1, 0.15) is 0 Å². The van der Waals surface area contributed by atoms with Gasteiger partial charge in [0, 0.05) is 20.1 Å². The summed E-state index contributed by atoms with van der Waals surface area (Å²) in [6.45, 7) is 2.85. The average molecular weight is 277 g/mol. The number of alkyl halides is 2. The summed E-state index contributed by atoms with van der Waals surface area (Å²) in [7, 11) is 1.54.